The normalized spacial score (nSPS) is 12.2. The number of rotatable bonds is 6. The van der Waals surface area contributed by atoms with Crippen LogP contribution in [-0.2, 0) is 17.5 Å². The Morgan fingerprint density at radius 2 is 1.86 bits per heavy atom. The fourth-order valence-corrected chi connectivity index (χ4v) is 3.83. The number of benzene rings is 2. The summed E-state index contributed by atoms with van der Waals surface area (Å²) in [5, 5.41) is 7.85. The molecule has 2 N–H and O–H groups in total. The lowest BCUT2D eigenvalue weighted by Gasteiger charge is -2.11. The first-order chi connectivity index (χ1) is 13.7. The summed E-state index contributed by atoms with van der Waals surface area (Å²) in [5.41, 5.74) is 3.74. The number of aromatic nitrogens is 3. The van der Waals surface area contributed by atoms with Crippen LogP contribution in [0.5, 0.6) is 0 Å². The molecule has 28 heavy (non-hydrogen) atoms. The van der Waals surface area contributed by atoms with Crippen LogP contribution in [0.2, 0.25) is 0 Å². The third kappa shape index (κ3) is 3.84. The number of hydrogen-bond acceptors (Lipinski definition) is 4. The Balaban J connectivity index is 1.64. The van der Waals surface area contributed by atoms with Gasteiger partial charge in [0.25, 0.3) is 0 Å². The van der Waals surface area contributed by atoms with Gasteiger partial charge in [0.05, 0.1) is 21.3 Å². The maximum Gasteiger partial charge on any atom is 0.172 e. The van der Waals surface area contributed by atoms with E-state index < -0.39 is 11.0 Å². The first kappa shape index (κ1) is 18.8. The first-order valence-corrected chi connectivity index (χ1v) is 10.6. The molecule has 0 aliphatic rings. The Bertz CT molecular complexity index is 1130. The van der Waals surface area contributed by atoms with Crippen molar-refractivity contribution < 1.29 is 4.21 Å². The molecular weight excluding hydrogens is 438 g/mol. The highest BCUT2D eigenvalue weighted by atomic mass is 79.9. The zero-order chi connectivity index (χ0) is 19.5. The summed E-state index contributed by atoms with van der Waals surface area (Å²) in [6, 6.07) is 19.7. The second kappa shape index (κ2) is 8.22. The molecule has 2 aromatic heterocycles. The highest BCUT2D eigenvalue weighted by Crippen LogP contribution is 2.26. The van der Waals surface area contributed by atoms with Crippen molar-refractivity contribution in [1.82, 2.24) is 19.3 Å². The van der Waals surface area contributed by atoms with Gasteiger partial charge in [-0.05, 0) is 40.7 Å². The zero-order valence-electron chi connectivity index (χ0n) is 15.1. The molecule has 1 unspecified atom stereocenters. The summed E-state index contributed by atoms with van der Waals surface area (Å²) in [6.45, 7) is 0.608. The van der Waals surface area contributed by atoms with Gasteiger partial charge in [0, 0.05) is 18.2 Å². The van der Waals surface area contributed by atoms with Crippen molar-refractivity contribution in [3.05, 3.63) is 76.9 Å². The summed E-state index contributed by atoms with van der Waals surface area (Å²) >= 11 is 3.52. The predicted molar refractivity (Wildman–Crippen MR) is 115 cm³/mol. The fraction of sp³-hybridized carbons (Fsp3) is 0.100. The van der Waals surface area contributed by atoms with Gasteiger partial charge in [0.1, 0.15) is 16.8 Å². The minimum absolute atomic E-state index is 0.608. The van der Waals surface area contributed by atoms with Crippen LogP contribution in [0.4, 0.5) is 5.82 Å². The van der Waals surface area contributed by atoms with E-state index in [2.05, 4.69) is 31.1 Å². The van der Waals surface area contributed by atoms with Crippen LogP contribution in [0.3, 0.4) is 0 Å². The van der Waals surface area contributed by atoms with Crippen LogP contribution in [0.1, 0.15) is 5.56 Å². The Kier molecular flexibility index (Phi) is 5.52. The highest BCUT2D eigenvalue weighted by molar-refractivity contribution is 9.10. The Hall–Kier alpha value is -2.55. The minimum atomic E-state index is -1.18. The molecule has 142 valence electrons. The number of halogens is 1. The fourth-order valence-electron chi connectivity index (χ4n) is 2.86. The topological polar surface area (TPSA) is 71.3 Å². The number of anilines is 1. The van der Waals surface area contributed by atoms with Gasteiger partial charge in [0.2, 0.25) is 0 Å². The van der Waals surface area contributed by atoms with Crippen LogP contribution in [0.15, 0.2) is 76.2 Å². The van der Waals surface area contributed by atoms with E-state index in [1.807, 2.05) is 60.7 Å². The molecule has 4 aromatic rings. The molecule has 8 heteroatoms. The molecule has 0 saturated heterocycles. The van der Waals surface area contributed by atoms with E-state index in [-0.39, 0.29) is 0 Å². The van der Waals surface area contributed by atoms with Gasteiger partial charge < -0.3 is 5.32 Å². The van der Waals surface area contributed by atoms with E-state index in [0.29, 0.717) is 6.54 Å². The van der Waals surface area contributed by atoms with E-state index in [0.717, 1.165) is 37.7 Å². The van der Waals surface area contributed by atoms with Crippen LogP contribution in [0.25, 0.3) is 16.9 Å². The Labute approximate surface area is 173 Å². The van der Waals surface area contributed by atoms with E-state index in [4.69, 9.17) is 4.98 Å². The summed E-state index contributed by atoms with van der Waals surface area (Å²) in [6.07, 6.45) is 1.74. The van der Waals surface area contributed by atoms with Gasteiger partial charge in [-0.3, -0.25) is 0 Å². The lowest BCUT2D eigenvalue weighted by Crippen LogP contribution is -2.10. The maximum absolute atomic E-state index is 11.8. The van der Waals surface area contributed by atoms with E-state index in [9.17, 15) is 4.21 Å². The third-order valence-electron chi connectivity index (χ3n) is 4.29. The summed E-state index contributed by atoms with van der Waals surface area (Å²) in [7, 11) is 0.497. The molecule has 4 rings (SSSR count). The van der Waals surface area contributed by atoms with Crippen LogP contribution >= 0.6 is 15.9 Å². The third-order valence-corrected chi connectivity index (χ3v) is 5.93. The molecular formula is C20H18BrN5OS. The van der Waals surface area contributed by atoms with Gasteiger partial charge in [-0.2, -0.15) is 9.61 Å². The van der Waals surface area contributed by atoms with Gasteiger partial charge in [-0.1, -0.05) is 42.5 Å². The highest BCUT2D eigenvalue weighted by Gasteiger charge is 2.11. The Morgan fingerprint density at radius 1 is 1.11 bits per heavy atom. The molecule has 6 nitrogen and oxygen atoms in total. The Morgan fingerprint density at radius 3 is 2.57 bits per heavy atom. The average molecular weight is 456 g/mol. The summed E-state index contributed by atoms with van der Waals surface area (Å²) < 4.78 is 17.1. The second-order valence-electron chi connectivity index (χ2n) is 6.09. The maximum atomic E-state index is 11.8. The number of hydrogen-bond donors (Lipinski definition) is 2. The van der Waals surface area contributed by atoms with Crippen molar-refractivity contribution in [1.29, 1.82) is 0 Å². The molecule has 1 atom stereocenters. The molecule has 0 radical (unpaired) electrons. The molecule has 0 bridgehead atoms. The molecule has 0 saturated carbocycles. The molecule has 0 aliphatic carbocycles. The smallest absolute Gasteiger partial charge is 0.172 e. The number of fused-ring (bicyclic) bond motifs is 1. The van der Waals surface area contributed by atoms with Crippen LogP contribution < -0.4 is 10.0 Å². The quantitative estimate of drug-likeness (QED) is 0.460. The van der Waals surface area contributed by atoms with Gasteiger partial charge in [-0.15, -0.1) is 0 Å². The lowest BCUT2D eigenvalue weighted by atomic mass is 10.1. The lowest BCUT2D eigenvalue weighted by molar-refractivity contribution is 0.678. The second-order valence-corrected chi connectivity index (χ2v) is 8.36. The number of nitrogens with zero attached hydrogens (tertiary/aromatic N) is 3. The monoisotopic (exact) mass is 455 g/mol. The van der Waals surface area contributed by atoms with Crippen molar-refractivity contribution in [3.63, 3.8) is 0 Å². The minimum Gasteiger partial charge on any atom is -0.366 e. The molecule has 2 heterocycles. The van der Waals surface area contributed by atoms with E-state index >= 15 is 0 Å². The van der Waals surface area contributed by atoms with Crippen molar-refractivity contribution in [2.24, 2.45) is 0 Å². The average Bonchev–Trinajstić information content (AvgIpc) is 3.13. The van der Waals surface area contributed by atoms with Crippen molar-refractivity contribution in [3.8, 4) is 11.3 Å². The largest absolute Gasteiger partial charge is 0.366 e. The molecule has 0 fully saturated rings. The van der Waals surface area contributed by atoms with E-state index in [1.165, 1.54) is 0 Å². The molecule has 2 aromatic carbocycles. The standard InChI is InChI=1S/C20H18BrN5OS/c1-22-28(27)16-9-7-14(8-10-16)12-23-19-11-18(15-5-3-2-4-6-15)25-20-17(21)13-24-26(19)20/h2-11,13,22-23H,12H2,1H3. The summed E-state index contributed by atoms with van der Waals surface area (Å²) in [4.78, 5) is 5.48. The van der Waals surface area contributed by atoms with Crippen molar-refractivity contribution in [2.45, 2.75) is 11.4 Å². The molecule has 0 aliphatic heterocycles. The molecule has 0 spiro atoms. The van der Waals surface area contributed by atoms with Crippen molar-refractivity contribution in [2.75, 3.05) is 12.4 Å². The first-order valence-electron chi connectivity index (χ1n) is 8.67. The predicted octanol–water partition coefficient (Wildman–Crippen LogP) is 4.01. The number of nitrogens with one attached hydrogen (secondary N) is 2. The van der Waals surface area contributed by atoms with Gasteiger partial charge in [0.15, 0.2) is 5.65 Å². The summed E-state index contributed by atoms with van der Waals surface area (Å²) in [5.74, 6) is 0.845. The van der Waals surface area contributed by atoms with Gasteiger partial charge >= 0.3 is 0 Å². The van der Waals surface area contributed by atoms with Gasteiger partial charge in [-0.25, -0.2) is 13.9 Å². The zero-order valence-corrected chi connectivity index (χ0v) is 17.5. The van der Waals surface area contributed by atoms with Crippen molar-refractivity contribution >= 4 is 38.4 Å². The van der Waals surface area contributed by atoms with Crippen LogP contribution in [0, 0.1) is 0 Å². The SMILES string of the molecule is CNS(=O)c1ccc(CNc2cc(-c3ccccc3)nc3c(Br)cnn23)cc1. The van der Waals surface area contributed by atoms with Crippen LogP contribution in [-0.4, -0.2) is 25.9 Å². The van der Waals surface area contributed by atoms with E-state index in [1.54, 1.807) is 17.8 Å². The molecule has 0 amide bonds.